The maximum absolute atomic E-state index is 12.9. The number of hydrogen-bond donors (Lipinski definition) is 0. The molecule has 0 heterocycles. The Hall–Kier alpha value is -3.15. The van der Waals surface area contributed by atoms with Crippen molar-refractivity contribution in [1.82, 2.24) is 0 Å². The van der Waals surface area contributed by atoms with Crippen LogP contribution in [0.15, 0.2) is 72.9 Å². The van der Waals surface area contributed by atoms with Crippen LogP contribution >= 0.6 is 0 Å². The van der Waals surface area contributed by atoms with Crippen molar-refractivity contribution >= 4 is 17.9 Å². The zero-order chi connectivity index (χ0) is 52.2. The summed E-state index contributed by atoms with van der Waals surface area (Å²) in [6.07, 6.45) is 77.6. The lowest BCUT2D eigenvalue weighted by Gasteiger charge is -2.18. The number of unbranched alkanes of at least 4 members (excludes halogenated alkanes) is 33. The molecule has 1 atom stereocenters. The first-order valence-electron chi connectivity index (χ1n) is 30.9. The van der Waals surface area contributed by atoms with E-state index in [9.17, 15) is 14.4 Å². The summed E-state index contributed by atoms with van der Waals surface area (Å²) in [6, 6.07) is 0. The number of esters is 3. The average molecular weight is 1010 g/mol. The van der Waals surface area contributed by atoms with Crippen LogP contribution < -0.4 is 0 Å². The third kappa shape index (κ3) is 57.7. The fourth-order valence-corrected chi connectivity index (χ4v) is 8.83. The summed E-state index contributed by atoms with van der Waals surface area (Å²) in [6.45, 7) is 6.51. The van der Waals surface area contributed by atoms with Crippen molar-refractivity contribution in [3.05, 3.63) is 72.9 Å². The van der Waals surface area contributed by atoms with E-state index in [0.717, 1.165) is 77.0 Å². The molecular weight excluding hydrogens is 889 g/mol. The topological polar surface area (TPSA) is 78.9 Å². The molecule has 0 aromatic rings. The van der Waals surface area contributed by atoms with Gasteiger partial charge in [-0.05, 0) is 83.5 Å². The summed E-state index contributed by atoms with van der Waals surface area (Å²) in [4.78, 5) is 38.3. The van der Waals surface area contributed by atoms with Gasteiger partial charge in [0.1, 0.15) is 13.2 Å². The van der Waals surface area contributed by atoms with Crippen LogP contribution in [0.3, 0.4) is 0 Å². The Balaban J connectivity index is 4.42. The van der Waals surface area contributed by atoms with E-state index in [1.165, 1.54) is 186 Å². The van der Waals surface area contributed by atoms with Crippen LogP contribution in [0, 0.1) is 0 Å². The van der Waals surface area contributed by atoms with E-state index in [1.54, 1.807) is 0 Å². The number of allylic oxidation sites excluding steroid dienone is 12. The van der Waals surface area contributed by atoms with Gasteiger partial charge in [0.25, 0.3) is 0 Å². The van der Waals surface area contributed by atoms with Gasteiger partial charge in [-0.25, -0.2) is 0 Å². The first-order valence-corrected chi connectivity index (χ1v) is 30.9. The Morgan fingerprint density at radius 2 is 0.556 bits per heavy atom. The molecule has 72 heavy (non-hydrogen) atoms. The Kier molecular flexibility index (Phi) is 57.8. The minimum atomic E-state index is -0.798. The quantitative estimate of drug-likeness (QED) is 0.0261. The minimum Gasteiger partial charge on any atom is -0.462 e. The Bertz CT molecular complexity index is 1340. The molecule has 0 aliphatic carbocycles. The van der Waals surface area contributed by atoms with Gasteiger partial charge >= 0.3 is 17.9 Å². The lowest BCUT2D eigenvalue weighted by atomic mass is 10.0. The Morgan fingerprint density at radius 1 is 0.292 bits per heavy atom. The van der Waals surface area contributed by atoms with Crippen molar-refractivity contribution in [3.63, 3.8) is 0 Å². The van der Waals surface area contributed by atoms with Crippen LogP contribution in [0.4, 0.5) is 0 Å². The number of carbonyl (C=O) groups excluding carboxylic acids is 3. The number of hydrogen-bond acceptors (Lipinski definition) is 6. The summed E-state index contributed by atoms with van der Waals surface area (Å²) in [7, 11) is 0. The molecule has 0 fully saturated rings. The number of carbonyl (C=O) groups is 3. The van der Waals surface area contributed by atoms with Crippen molar-refractivity contribution in [2.45, 2.75) is 316 Å². The van der Waals surface area contributed by atoms with Gasteiger partial charge < -0.3 is 14.2 Å². The molecule has 0 rings (SSSR count). The van der Waals surface area contributed by atoms with Gasteiger partial charge in [-0.2, -0.15) is 0 Å². The molecule has 0 aromatic heterocycles. The monoisotopic (exact) mass is 1000 g/mol. The SMILES string of the molecule is CC/C=C\C/C=C\C/C=C\C/C=C\C/C=C\CCCC(=O)OC[C@H](COC(=O)CCCCCCCCCCC/C=C\CCCCCCCC)OC(=O)CCCCCCCCCCCCCCCCCCCC. The second kappa shape index (κ2) is 60.4. The van der Waals surface area contributed by atoms with Crippen LogP contribution in [0.5, 0.6) is 0 Å². The number of ether oxygens (including phenoxy) is 3. The zero-order valence-electron chi connectivity index (χ0n) is 47.7. The maximum Gasteiger partial charge on any atom is 0.306 e. The van der Waals surface area contributed by atoms with E-state index in [4.69, 9.17) is 14.2 Å². The van der Waals surface area contributed by atoms with Crippen molar-refractivity contribution in [2.24, 2.45) is 0 Å². The molecule has 6 heteroatoms. The Labute approximate surface area is 446 Å². The highest BCUT2D eigenvalue weighted by molar-refractivity contribution is 5.71. The third-order valence-electron chi connectivity index (χ3n) is 13.4. The first kappa shape index (κ1) is 68.8. The molecule has 6 nitrogen and oxygen atoms in total. The molecule has 0 aliphatic rings. The minimum absolute atomic E-state index is 0.0913. The van der Waals surface area contributed by atoms with Gasteiger partial charge in [0.05, 0.1) is 0 Å². The van der Waals surface area contributed by atoms with Crippen LogP contribution in [-0.2, 0) is 28.6 Å². The van der Waals surface area contributed by atoms with Crippen LogP contribution in [0.25, 0.3) is 0 Å². The van der Waals surface area contributed by atoms with Gasteiger partial charge in [-0.1, -0.05) is 280 Å². The molecule has 416 valence electrons. The Morgan fingerprint density at radius 3 is 0.917 bits per heavy atom. The van der Waals surface area contributed by atoms with Gasteiger partial charge in [0, 0.05) is 19.3 Å². The van der Waals surface area contributed by atoms with Crippen LogP contribution in [-0.4, -0.2) is 37.2 Å². The highest BCUT2D eigenvalue weighted by atomic mass is 16.6. The highest BCUT2D eigenvalue weighted by Gasteiger charge is 2.19. The fraction of sp³-hybridized carbons (Fsp3) is 0.773. The number of rotatable bonds is 56. The van der Waals surface area contributed by atoms with Crippen molar-refractivity contribution in [2.75, 3.05) is 13.2 Å². The smallest absolute Gasteiger partial charge is 0.306 e. The van der Waals surface area contributed by atoms with E-state index in [2.05, 4.69) is 93.7 Å². The summed E-state index contributed by atoms with van der Waals surface area (Å²) in [5.41, 5.74) is 0. The molecule has 0 unspecified atom stereocenters. The highest BCUT2D eigenvalue weighted by Crippen LogP contribution is 2.17. The lowest BCUT2D eigenvalue weighted by Crippen LogP contribution is -2.30. The normalized spacial score (nSPS) is 12.5. The predicted octanol–water partition coefficient (Wildman–Crippen LogP) is 20.9. The molecule has 0 radical (unpaired) electrons. The van der Waals surface area contributed by atoms with E-state index in [0.29, 0.717) is 19.3 Å². The van der Waals surface area contributed by atoms with Crippen molar-refractivity contribution in [3.8, 4) is 0 Å². The molecule has 0 N–H and O–H groups in total. The molecule has 0 aromatic carbocycles. The second-order valence-corrected chi connectivity index (χ2v) is 20.6. The van der Waals surface area contributed by atoms with Gasteiger partial charge in [-0.15, -0.1) is 0 Å². The van der Waals surface area contributed by atoms with E-state index in [-0.39, 0.29) is 37.5 Å². The lowest BCUT2D eigenvalue weighted by molar-refractivity contribution is -0.167. The fourth-order valence-electron chi connectivity index (χ4n) is 8.83. The maximum atomic E-state index is 12.9. The van der Waals surface area contributed by atoms with E-state index in [1.807, 2.05) is 0 Å². The molecule has 0 aliphatic heterocycles. The molecule has 0 amide bonds. The summed E-state index contributed by atoms with van der Waals surface area (Å²) in [5, 5.41) is 0. The standard InChI is InChI=1S/C66H116O6/c1-4-7-10-13-16-19-22-25-28-31-33-36-38-41-44-47-50-53-56-59-65(68)71-62-63(61-70-64(67)58-55-52-49-46-43-40-37-34-30-27-24-21-18-15-12-9-6-3)72-66(69)60-57-54-51-48-45-42-39-35-32-29-26-23-20-17-14-11-8-5-2/h9,12,18,21,25,27-28,30,37,40,46,49,63H,4-8,10-11,13-17,19-20,22-24,26,29,31-36,38-39,41-45,47-48,50-62H2,1-3H3/b12-9-,21-18-,28-25-,30-27-,40-37-,49-46-/t63-/m1/s1. The van der Waals surface area contributed by atoms with Crippen molar-refractivity contribution in [1.29, 1.82) is 0 Å². The first-order chi connectivity index (χ1) is 35.5. The van der Waals surface area contributed by atoms with Gasteiger partial charge in [0.15, 0.2) is 6.10 Å². The van der Waals surface area contributed by atoms with Crippen LogP contribution in [0.1, 0.15) is 310 Å². The zero-order valence-corrected chi connectivity index (χ0v) is 47.7. The summed E-state index contributed by atoms with van der Waals surface area (Å²) < 4.78 is 16.9. The molecule has 0 spiro atoms. The van der Waals surface area contributed by atoms with E-state index >= 15 is 0 Å². The summed E-state index contributed by atoms with van der Waals surface area (Å²) in [5.74, 6) is -0.939. The van der Waals surface area contributed by atoms with E-state index < -0.39 is 6.10 Å². The van der Waals surface area contributed by atoms with Crippen molar-refractivity contribution < 1.29 is 28.6 Å². The molecule has 0 saturated carbocycles. The predicted molar refractivity (Wildman–Crippen MR) is 311 cm³/mol. The largest absolute Gasteiger partial charge is 0.462 e. The molecule has 0 bridgehead atoms. The molecule has 0 saturated heterocycles. The average Bonchev–Trinajstić information content (AvgIpc) is 3.38. The second-order valence-electron chi connectivity index (χ2n) is 20.6. The molecular formula is C66H116O6. The summed E-state index contributed by atoms with van der Waals surface area (Å²) >= 11 is 0. The van der Waals surface area contributed by atoms with Gasteiger partial charge in [0.2, 0.25) is 0 Å². The van der Waals surface area contributed by atoms with Gasteiger partial charge in [-0.3, -0.25) is 14.4 Å². The third-order valence-corrected chi connectivity index (χ3v) is 13.4. The van der Waals surface area contributed by atoms with Crippen LogP contribution in [0.2, 0.25) is 0 Å².